The molecule has 0 radical (unpaired) electrons. The van der Waals surface area contributed by atoms with Crippen LogP contribution in [0.25, 0.3) is 5.65 Å². The van der Waals surface area contributed by atoms with Crippen molar-refractivity contribution in [3.05, 3.63) is 60.0 Å². The lowest BCUT2D eigenvalue weighted by Crippen LogP contribution is -2.26. The number of Topliss-reactive ketones (excluding diaryl/α,β-unsaturated/α-hetero) is 1. The number of rotatable bonds is 4. The number of aromatic nitrogens is 2. The monoisotopic (exact) mass is 323 g/mol. The number of amides is 1. The maximum absolute atomic E-state index is 12.5. The second-order valence-electron chi connectivity index (χ2n) is 5.47. The third kappa shape index (κ3) is 2.86. The summed E-state index contributed by atoms with van der Waals surface area (Å²) in [6.45, 7) is 1.79. The summed E-state index contributed by atoms with van der Waals surface area (Å²) in [6.07, 6.45) is 3.83. The van der Waals surface area contributed by atoms with Gasteiger partial charge in [0.15, 0.2) is 5.78 Å². The molecular weight excluding hydrogens is 306 g/mol. The number of ketones is 1. The molecule has 0 saturated heterocycles. The van der Waals surface area contributed by atoms with Crippen molar-refractivity contribution in [3.8, 4) is 5.75 Å². The normalized spacial score (nSPS) is 10.8. The van der Waals surface area contributed by atoms with Crippen LogP contribution in [0.3, 0.4) is 0 Å². The molecule has 0 aliphatic heterocycles. The zero-order valence-electron chi connectivity index (χ0n) is 13.4. The fourth-order valence-corrected chi connectivity index (χ4v) is 2.41. The van der Waals surface area contributed by atoms with Gasteiger partial charge in [0.05, 0.1) is 5.69 Å². The largest absolute Gasteiger partial charge is 0.508 e. The Labute approximate surface area is 139 Å². The van der Waals surface area contributed by atoms with Crippen molar-refractivity contribution in [2.75, 3.05) is 11.9 Å². The van der Waals surface area contributed by atoms with E-state index in [1.807, 2.05) is 0 Å². The number of hydrogen-bond donors (Lipinski definition) is 1. The predicted octanol–water partition coefficient (Wildman–Crippen LogP) is 2.91. The summed E-state index contributed by atoms with van der Waals surface area (Å²) < 4.78 is 1.73. The molecule has 3 rings (SSSR count). The van der Waals surface area contributed by atoms with E-state index >= 15 is 0 Å². The van der Waals surface area contributed by atoms with Crippen LogP contribution >= 0.6 is 0 Å². The minimum Gasteiger partial charge on any atom is -0.508 e. The number of phenolic OH excluding ortho intramolecular Hbond substituents is 1. The van der Waals surface area contributed by atoms with Crippen molar-refractivity contribution >= 4 is 23.0 Å². The molecule has 0 aliphatic rings. The highest BCUT2D eigenvalue weighted by Crippen LogP contribution is 2.19. The van der Waals surface area contributed by atoms with Gasteiger partial charge in [-0.05, 0) is 36.4 Å². The first-order valence-corrected chi connectivity index (χ1v) is 7.58. The molecule has 0 unspecified atom stereocenters. The zero-order chi connectivity index (χ0) is 17.3. The Hall–Kier alpha value is -3.15. The van der Waals surface area contributed by atoms with Gasteiger partial charge in [-0.3, -0.25) is 9.59 Å². The van der Waals surface area contributed by atoms with Gasteiger partial charge in [0, 0.05) is 31.4 Å². The van der Waals surface area contributed by atoms with E-state index in [9.17, 15) is 14.7 Å². The van der Waals surface area contributed by atoms with Crippen LogP contribution in [-0.4, -0.2) is 33.2 Å². The first-order valence-electron chi connectivity index (χ1n) is 7.58. The molecule has 0 fully saturated rings. The average molecular weight is 323 g/mol. The number of imidazole rings is 1. The third-order valence-electron chi connectivity index (χ3n) is 3.85. The maximum atomic E-state index is 12.5. The minimum atomic E-state index is -0.195. The van der Waals surface area contributed by atoms with Crippen molar-refractivity contribution in [2.24, 2.45) is 0 Å². The quantitative estimate of drug-likeness (QED) is 0.749. The Kier molecular flexibility index (Phi) is 4.04. The van der Waals surface area contributed by atoms with Crippen LogP contribution in [0.2, 0.25) is 0 Å². The molecule has 3 aromatic rings. The Morgan fingerprint density at radius 1 is 1.12 bits per heavy atom. The number of hydrogen-bond acceptors (Lipinski definition) is 4. The molecule has 122 valence electrons. The summed E-state index contributed by atoms with van der Waals surface area (Å²) in [5.74, 6) is -0.102. The van der Waals surface area contributed by atoms with Crippen LogP contribution in [0, 0.1) is 0 Å². The van der Waals surface area contributed by atoms with E-state index in [4.69, 9.17) is 0 Å². The number of fused-ring (bicyclic) bond motifs is 1. The summed E-state index contributed by atoms with van der Waals surface area (Å²) in [6, 6.07) is 9.64. The van der Waals surface area contributed by atoms with Gasteiger partial charge in [0.2, 0.25) is 0 Å². The number of anilines is 1. The number of nitrogens with zero attached hydrogens (tertiary/aromatic N) is 3. The Morgan fingerprint density at radius 3 is 2.50 bits per heavy atom. The lowest BCUT2D eigenvalue weighted by atomic mass is 10.2. The van der Waals surface area contributed by atoms with E-state index in [-0.39, 0.29) is 17.4 Å². The predicted molar refractivity (Wildman–Crippen MR) is 90.7 cm³/mol. The first kappa shape index (κ1) is 15.7. The van der Waals surface area contributed by atoms with Crippen molar-refractivity contribution in [1.82, 2.24) is 9.38 Å². The lowest BCUT2D eigenvalue weighted by molar-refractivity contribution is 0.0979. The Morgan fingerprint density at radius 2 is 1.83 bits per heavy atom. The molecule has 2 heterocycles. The standard InChI is InChI=1S/C18H17N3O3/c1-3-16(23)15-11-21-10-13(6-9-17(21)19-15)20(2)18(24)12-4-7-14(22)8-5-12/h4-11,22H,3H2,1-2H3. The molecular formula is C18H17N3O3. The van der Waals surface area contributed by atoms with Crippen LogP contribution in [0.15, 0.2) is 48.8 Å². The highest BCUT2D eigenvalue weighted by molar-refractivity contribution is 6.05. The van der Waals surface area contributed by atoms with E-state index < -0.39 is 0 Å². The van der Waals surface area contributed by atoms with Gasteiger partial charge in [-0.25, -0.2) is 4.98 Å². The fourth-order valence-electron chi connectivity index (χ4n) is 2.41. The van der Waals surface area contributed by atoms with E-state index in [0.717, 1.165) is 0 Å². The van der Waals surface area contributed by atoms with Gasteiger partial charge in [-0.2, -0.15) is 0 Å². The van der Waals surface area contributed by atoms with Crippen molar-refractivity contribution in [2.45, 2.75) is 13.3 Å². The maximum Gasteiger partial charge on any atom is 0.258 e. The molecule has 1 N–H and O–H groups in total. The molecule has 2 aromatic heterocycles. The zero-order valence-corrected chi connectivity index (χ0v) is 13.4. The molecule has 0 atom stereocenters. The molecule has 0 bridgehead atoms. The van der Waals surface area contributed by atoms with Gasteiger partial charge in [-0.1, -0.05) is 6.92 Å². The summed E-state index contributed by atoms with van der Waals surface area (Å²) in [7, 11) is 1.67. The number of carbonyl (C=O) groups is 2. The average Bonchev–Trinajstić information content (AvgIpc) is 3.03. The minimum absolute atomic E-state index is 0.0197. The topological polar surface area (TPSA) is 74.9 Å². The highest BCUT2D eigenvalue weighted by Gasteiger charge is 2.15. The summed E-state index contributed by atoms with van der Waals surface area (Å²) in [4.78, 5) is 30.1. The van der Waals surface area contributed by atoms with E-state index in [0.29, 0.717) is 29.0 Å². The SMILES string of the molecule is CCC(=O)c1cn2cc(N(C)C(=O)c3ccc(O)cc3)ccc2n1. The summed E-state index contributed by atoms with van der Waals surface area (Å²) >= 11 is 0. The van der Waals surface area contributed by atoms with Crippen LogP contribution in [0.4, 0.5) is 5.69 Å². The molecule has 6 nitrogen and oxygen atoms in total. The van der Waals surface area contributed by atoms with Crippen LogP contribution in [0.1, 0.15) is 34.2 Å². The van der Waals surface area contributed by atoms with Gasteiger partial charge in [0.25, 0.3) is 5.91 Å². The number of pyridine rings is 1. The molecule has 0 saturated carbocycles. The summed E-state index contributed by atoms with van der Waals surface area (Å²) in [5, 5.41) is 9.32. The number of carbonyl (C=O) groups excluding carboxylic acids is 2. The third-order valence-corrected chi connectivity index (χ3v) is 3.85. The Bertz CT molecular complexity index is 913. The van der Waals surface area contributed by atoms with Gasteiger partial charge < -0.3 is 14.4 Å². The lowest BCUT2D eigenvalue weighted by Gasteiger charge is -2.17. The number of phenols is 1. The van der Waals surface area contributed by atoms with E-state index in [1.165, 1.54) is 17.0 Å². The summed E-state index contributed by atoms with van der Waals surface area (Å²) in [5.41, 5.74) is 2.22. The molecule has 24 heavy (non-hydrogen) atoms. The van der Waals surface area contributed by atoms with E-state index in [2.05, 4.69) is 4.98 Å². The van der Waals surface area contributed by atoms with Crippen molar-refractivity contribution < 1.29 is 14.7 Å². The van der Waals surface area contributed by atoms with Crippen LogP contribution < -0.4 is 4.90 Å². The molecule has 0 aliphatic carbocycles. The van der Waals surface area contributed by atoms with Gasteiger partial charge in [-0.15, -0.1) is 0 Å². The van der Waals surface area contributed by atoms with Crippen LogP contribution in [-0.2, 0) is 0 Å². The second-order valence-corrected chi connectivity index (χ2v) is 5.47. The van der Waals surface area contributed by atoms with Crippen molar-refractivity contribution in [3.63, 3.8) is 0 Å². The smallest absolute Gasteiger partial charge is 0.258 e. The fraction of sp³-hybridized carbons (Fsp3) is 0.167. The molecule has 1 amide bonds. The van der Waals surface area contributed by atoms with Crippen molar-refractivity contribution in [1.29, 1.82) is 0 Å². The highest BCUT2D eigenvalue weighted by atomic mass is 16.3. The molecule has 6 heteroatoms. The number of benzene rings is 1. The molecule has 1 aromatic carbocycles. The number of aromatic hydroxyl groups is 1. The van der Waals surface area contributed by atoms with Gasteiger partial charge in [0.1, 0.15) is 17.1 Å². The Balaban J connectivity index is 1.91. The first-order chi connectivity index (χ1) is 11.5. The second kappa shape index (κ2) is 6.16. The molecule has 0 spiro atoms. The van der Waals surface area contributed by atoms with Crippen LogP contribution in [0.5, 0.6) is 5.75 Å². The van der Waals surface area contributed by atoms with Gasteiger partial charge >= 0.3 is 0 Å². The van der Waals surface area contributed by atoms with E-state index in [1.54, 1.807) is 55.0 Å².